The fraction of sp³-hybridized carbons (Fsp3) is 0.273. The van der Waals surface area contributed by atoms with E-state index in [1.54, 1.807) is 7.11 Å². The summed E-state index contributed by atoms with van der Waals surface area (Å²) in [5.74, 6) is 0.600. The Labute approximate surface area is 235 Å². The number of carbonyl (C=O) groups excluding carboxylic acids is 2. The average molecular weight is 535 g/mol. The van der Waals surface area contributed by atoms with Gasteiger partial charge in [0.15, 0.2) is 0 Å². The quantitative estimate of drug-likeness (QED) is 0.367. The molecule has 2 aliphatic rings. The highest BCUT2D eigenvalue weighted by atomic mass is 16.5. The average Bonchev–Trinajstić information content (AvgIpc) is 3.29. The Hall–Kier alpha value is -4.36. The van der Waals surface area contributed by atoms with Gasteiger partial charge in [-0.25, -0.2) is 0 Å². The highest BCUT2D eigenvalue weighted by Gasteiger charge is 2.30. The Balaban J connectivity index is 1.35. The van der Waals surface area contributed by atoms with Crippen molar-refractivity contribution in [2.75, 3.05) is 45.2 Å². The largest absolute Gasteiger partial charge is 0.496 e. The summed E-state index contributed by atoms with van der Waals surface area (Å²) in [5.41, 5.74) is 7.20. The van der Waals surface area contributed by atoms with E-state index < -0.39 is 0 Å². The number of para-hydroxylation sites is 1. The van der Waals surface area contributed by atoms with Gasteiger partial charge in [0.2, 0.25) is 0 Å². The first-order valence-electron chi connectivity index (χ1n) is 13.7. The molecule has 7 heteroatoms. The van der Waals surface area contributed by atoms with Crippen LogP contribution in [-0.2, 0) is 13.1 Å². The van der Waals surface area contributed by atoms with Crippen LogP contribution < -0.4 is 9.64 Å². The molecule has 0 radical (unpaired) electrons. The number of fused-ring (bicyclic) bond motifs is 2. The van der Waals surface area contributed by atoms with Gasteiger partial charge in [0, 0.05) is 48.7 Å². The Kier molecular flexibility index (Phi) is 6.90. The lowest BCUT2D eigenvalue weighted by molar-refractivity contribution is 0.0653. The summed E-state index contributed by atoms with van der Waals surface area (Å²) in [6.45, 7) is 6.15. The maximum atomic E-state index is 14.1. The SMILES string of the molecule is COc1cc(C(=O)N2Cc3ccc(C(=O)N4CCN(C)CC4)n3Cc3ccccc32)ccc1-c1ccccc1C. The summed E-state index contributed by atoms with van der Waals surface area (Å²) in [6, 6.07) is 25.7. The van der Waals surface area contributed by atoms with E-state index in [0.29, 0.717) is 30.1 Å². The third kappa shape index (κ3) is 4.67. The molecule has 1 saturated heterocycles. The third-order valence-corrected chi connectivity index (χ3v) is 8.14. The lowest BCUT2D eigenvalue weighted by atomic mass is 9.98. The van der Waals surface area contributed by atoms with E-state index in [2.05, 4.69) is 35.6 Å². The van der Waals surface area contributed by atoms with Crippen LogP contribution in [0.5, 0.6) is 5.75 Å². The van der Waals surface area contributed by atoms with Crippen LogP contribution in [0.15, 0.2) is 78.9 Å². The van der Waals surface area contributed by atoms with E-state index in [0.717, 1.165) is 59.8 Å². The van der Waals surface area contributed by atoms with Crippen molar-refractivity contribution in [3.05, 3.63) is 107 Å². The summed E-state index contributed by atoms with van der Waals surface area (Å²) in [5, 5.41) is 0. The zero-order chi connectivity index (χ0) is 27.8. The predicted octanol–water partition coefficient (Wildman–Crippen LogP) is 5.07. The number of amides is 2. The first kappa shape index (κ1) is 25.9. The summed E-state index contributed by atoms with van der Waals surface area (Å²) < 4.78 is 7.84. The number of benzene rings is 3. The molecule has 0 aliphatic carbocycles. The number of rotatable bonds is 4. The molecule has 2 amide bonds. The minimum absolute atomic E-state index is 0.0492. The summed E-state index contributed by atoms with van der Waals surface area (Å²) >= 11 is 0. The summed E-state index contributed by atoms with van der Waals surface area (Å²) in [4.78, 5) is 33.6. The minimum atomic E-state index is -0.108. The standard InChI is InChI=1S/C33H34N4O3/c1-23-8-4-6-10-27(23)28-14-12-24(20-31(28)40-3)32(38)37-22-26-13-15-30(33(39)35-18-16-34(2)17-19-35)36(26)21-25-9-5-7-11-29(25)37/h4-15,20H,16-19,21-22H2,1-3H3. The highest BCUT2D eigenvalue weighted by molar-refractivity contribution is 6.07. The van der Waals surface area contributed by atoms with Gasteiger partial charge in [0.25, 0.3) is 11.8 Å². The van der Waals surface area contributed by atoms with Crippen molar-refractivity contribution in [1.29, 1.82) is 0 Å². The first-order chi connectivity index (χ1) is 19.4. The molecule has 40 heavy (non-hydrogen) atoms. The minimum Gasteiger partial charge on any atom is -0.496 e. The molecular formula is C33H34N4O3. The van der Waals surface area contributed by atoms with Crippen molar-refractivity contribution < 1.29 is 14.3 Å². The van der Waals surface area contributed by atoms with Crippen LogP contribution in [0.2, 0.25) is 0 Å². The van der Waals surface area contributed by atoms with Crippen LogP contribution in [0.3, 0.4) is 0 Å². The summed E-state index contributed by atoms with van der Waals surface area (Å²) in [7, 11) is 3.72. The van der Waals surface area contributed by atoms with E-state index in [1.165, 1.54) is 0 Å². The van der Waals surface area contributed by atoms with Crippen LogP contribution in [0, 0.1) is 6.92 Å². The molecule has 0 unspecified atom stereocenters. The molecule has 0 spiro atoms. The number of likely N-dealkylation sites (N-methyl/N-ethyl adjacent to an activating group) is 1. The van der Waals surface area contributed by atoms with Gasteiger partial charge in [-0.15, -0.1) is 0 Å². The maximum Gasteiger partial charge on any atom is 0.270 e. The molecule has 1 fully saturated rings. The number of nitrogens with zero attached hydrogens (tertiary/aromatic N) is 4. The lowest BCUT2D eigenvalue weighted by Gasteiger charge is -2.32. The molecule has 7 nitrogen and oxygen atoms in total. The van der Waals surface area contributed by atoms with Crippen molar-refractivity contribution in [2.45, 2.75) is 20.0 Å². The number of hydrogen-bond acceptors (Lipinski definition) is 4. The van der Waals surface area contributed by atoms with Crippen molar-refractivity contribution in [3.63, 3.8) is 0 Å². The number of anilines is 1. The number of aromatic nitrogens is 1. The topological polar surface area (TPSA) is 58.0 Å². The third-order valence-electron chi connectivity index (χ3n) is 8.14. The fourth-order valence-corrected chi connectivity index (χ4v) is 5.78. The Morgan fingerprint density at radius 2 is 1.52 bits per heavy atom. The number of methoxy groups -OCH3 is 1. The molecule has 3 heterocycles. The van der Waals surface area contributed by atoms with Crippen molar-refractivity contribution >= 4 is 17.5 Å². The van der Waals surface area contributed by atoms with Crippen molar-refractivity contribution in [3.8, 4) is 16.9 Å². The molecule has 0 atom stereocenters. The molecule has 1 aromatic heterocycles. The second kappa shape index (κ2) is 10.7. The van der Waals surface area contributed by atoms with Crippen molar-refractivity contribution in [1.82, 2.24) is 14.4 Å². The number of piperazine rings is 1. The van der Waals surface area contributed by atoms with E-state index in [9.17, 15) is 9.59 Å². The number of ether oxygens (including phenoxy) is 1. The van der Waals surface area contributed by atoms with Gasteiger partial charge in [-0.3, -0.25) is 9.59 Å². The second-order valence-electron chi connectivity index (χ2n) is 10.6. The Morgan fingerprint density at radius 1 is 0.775 bits per heavy atom. The molecule has 3 aromatic carbocycles. The number of aryl methyl sites for hydroxylation is 1. The monoisotopic (exact) mass is 534 g/mol. The Bertz CT molecular complexity index is 1580. The predicted molar refractivity (Wildman–Crippen MR) is 157 cm³/mol. The zero-order valence-corrected chi connectivity index (χ0v) is 23.3. The molecule has 6 rings (SSSR count). The van der Waals surface area contributed by atoms with Crippen molar-refractivity contribution in [2.24, 2.45) is 0 Å². The van der Waals surface area contributed by atoms with Gasteiger partial charge < -0.3 is 24.0 Å². The van der Waals surface area contributed by atoms with E-state index >= 15 is 0 Å². The maximum absolute atomic E-state index is 14.1. The van der Waals surface area contributed by atoms with Crippen LogP contribution in [0.25, 0.3) is 11.1 Å². The van der Waals surface area contributed by atoms with Gasteiger partial charge >= 0.3 is 0 Å². The molecule has 4 aromatic rings. The zero-order valence-electron chi connectivity index (χ0n) is 23.3. The smallest absolute Gasteiger partial charge is 0.270 e. The molecule has 0 saturated carbocycles. The molecule has 204 valence electrons. The van der Waals surface area contributed by atoms with E-state index in [4.69, 9.17) is 4.74 Å². The fourth-order valence-electron chi connectivity index (χ4n) is 5.78. The molecule has 0 bridgehead atoms. The van der Waals surface area contributed by atoms with Crippen LogP contribution in [-0.4, -0.2) is 66.5 Å². The molecule has 0 N–H and O–H groups in total. The molecule has 2 aliphatic heterocycles. The van der Waals surface area contributed by atoms with Crippen LogP contribution >= 0.6 is 0 Å². The highest BCUT2D eigenvalue weighted by Crippen LogP contribution is 2.35. The van der Waals surface area contributed by atoms with Gasteiger partial charge in [0.1, 0.15) is 11.4 Å². The first-order valence-corrected chi connectivity index (χ1v) is 13.7. The molecular weight excluding hydrogens is 500 g/mol. The number of hydrogen-bond donors (Lipinski definition) is 0. The lowest BCUT2D eigenvalue weighted by Crippen LogP contribution is -2.47. The van der Waals surface area contributed by atoms with Crippen LogP contribution in [0.4, 0.5) is 5.69 Å². The Morgan fingerprint density at radius 3 is 2.30 bits per heavy atom. The van der Waals surface area contributed by atoms with Gasteiger partial charge in [-0.05, 0) is 67.1 Å². The normalized spacial score (nSPS) is 15.3. The van der Waals surface area contributed by atoms with Gasteiger partial charge in [0.05, 0.1) is 20.2 Å². The second-order valence-corrected chi connectivity index (χ2v) is 10.6. The van der Waals surface area contributed by atoms with Crippen LogP contribution in [0.1, 0.15) is 37.7 Å². The summed E-state index contributed by atoms with van der Waals surface area (Å²) in [6.07, 6.45) is 0. The number of carbonyl (C=O) groups is 2. The van der Waals surface area contributed by atoms with E-state index in [1.807, 2.05) is 76.5 Å². The van der Waals surface area contributed by atoms with Gasteiger partial charge in [-0.1, -0.05) is 42.5 Å². The van der Waals surface area contributed by atoms with E-state index in [-0.39, 0.29) is 11.8 Å². The van der Waals surface area contributed by atoms with Gasteiger partial charge in [-0.2, -0.15) is 0 Å².